The number of halogens is 3. The fraction of sp³-hybridized carbons (Fsp3) is 0.400. The van der Waals surface area contributed by atoms with Crippen LogP contribution in [0.1, 0.15) is 36.3 Å². The molecule has 0 radical (unpaired) electrons. The first-order valence-electron chi connectivity index (χ1n) is 4.46. The van der Waals surface area contributed by atoms with Gasteiger partial charge in [-0.2, -0.15) is 0 Å². The van der Waals surface area contributed by atoms with Crippen molar-refractivity contribution in [2.24, 2.45) is 0 Å². The maximum Gasteiger partial charge on any atom is 0.265 e. The molecule has 0 amide bonds. The first-order chi connectivity index (χ1) is 6.59. The molecule has 1 aromatic carbocycles. The summed E-state index contributed by atoms with van der Waals surface area (Å²) in [6.07, 6.45) is -0.805. The van der Waals surface area contributed by atoms with Gasteiger partial charge in [0.25, 0.3) is 6.43 Å². The Bertz CT molecular complexity index is 359. The second-order valence-electron chi connectivity index (χ2n) is 3.58. The first-order valence-corrected chi connectivity index (χ1v) is 4.46. The zero-order valence-electron chi connectivity index (χ0n) is 7.43. The van der Waals surface area contributed by atoms with Crippen molar-refractivity contribution in [3.63, 3.8) is 0 Å². The van der Waals surface area contributed by atoms with Crippen LogP contribution >= 0.6 is 0 Å². The van der Waals surface area contributed by atoms with Gasteiger partial charge in [-0.05, 0) is 36.5 Å². The van der Waals surface area contributed by atoms with Crippen molar-refractivity contribution in [2.75, 3.05) is 5.73 Å². The first kappa shape index (κ1) is 9.37. The molecule has 14 heavy (non-hydrogen) atoms. The average Bonchev–Trinajstić information content (AvgIpc) is 2.91. The quantitative estimate of drug-likeness (QED) is 0.730. The molecule has 4 heteroatoms. The van der Waals surface area contributed by atoms with Gasteiger partial charge in [0.15, 0.2) is 0 Å². The summed E-state index contributed by atoms with van der Waals surface area (Å²) in [4.78, 5) is 0. The smallest absolute Gasteiger partial charge is 0.265 e. The molecule has 1 aliphatic carbocycles. The van der Waals surface area contributed by atoms with Crippen LogP contribution in [0.4, 0.5) is 18.9 Å². The van der Waals surface area contributed by atoms with E-state index in [1.165, 1.54) is 12.1 Å². The normalized spacial score (nSPS) is 16.3. The molecule has 1 nitrogen and oxygen atoms in total. The van der Waals surface area contributed by atoms with Crippen molar-refractivity contribution >= 4 is 5.69 Å². The minimum absolute atomic E-state index is 0.252. The van der Waals surface area contributed by atoms with Crippen LogP contribution in [-0.2, 0) is 0 Å². The van der Waals surface area contributed by atoms with E-state index in [1.807, 2.05) is 0 Å². The van der Waals surface area contributed by atoms with Crippen LogP contribution in [0.25, 0.3) is 0 Å². The van der Waals surface area contributed by atoms with Crippen molar-refractivity contribution in [3.05, 3.63) is 29.1 Å². The van der Waals surface area contributed by atoms with E-state index in [1.54, 1.807) is 0 Å². The predicted molar refractivity (Wildman–Crippen MR) is 47.7 cm³/mol. The summed E-state index contributed by atoms with van der Waals surface area (Å²) >= 11 is 0. The van der Waals surface area contributed by atoms with Crippen molar-refractivity contribution in [1.82, 2.24) is 0 Å². The zero-order valence-corrected chi connectivity index (χ0v) is 7.43. The van der Waals surface area contributed by atoms with Crippen LogP contribution in [0.5, 0.6) is 0 Å². The van der Waals surface area contributed by atoms with Crippen LogP contribution in [-0.4, -0.2) is 0 Å². The fourth-order valence-electron chi connectivity index (χ4n) is 1.49. The third-order valence-electron chi connectivity index (χ3n) is 2.47. The lowest BCUT2D eigenvalue weighted by Crippen LogP contribution is -2.00. The number of anilines is 1. The number of benzene rings is 1. The van der Waals surface area contributed by atoms with Gasteiger partial charge in [-0.25, -0.2) is 13.2 Å². The van der Waals surface area contributed by atoms with Gasteiger partial charge in [0.05, 0.1) is 5.69 Å². The van der Waals surface area contributed by atoms with Gasteiger partial charge in [0, 0.05) is 5.56 Å². The van der Waals surface area contributed by atoms with E-state index < -0.39 is 17.9 Å². The Labute approximate surface area is 79.7 Å². The van der Waals surface area contributed by atoms with E-state index in [4.69, 9.17) is 5.73 Å². The molecule has 0 bridgehead atoms. The third kappa shape index (κ3) is 1.56. The maximum atomic E-state index is 13.1. The maximum absolute atomic E-state index is 13.1. The summed E-state index contributed by atoms with van der Waals surface area (Å²) in [6, 6.07) is 2.58. The summed E-state index contributed by atoms with van der Waals surface area (Å²) in [5.41, 5.74) is 5.05. The zero-order chi connectivity index (χ0) is 10.3. The number of alkyl halides is 2. The molecule has 0 heterocycles. The summed E-state index contributed by atoms with van der Waals surface area (Å²) < 4.78 is 38.0. The molecule has 0 aliphatic heterocycles. The SMILES string of the molecule is Nc1c(F)cc(C2CC2)cc1C(F)F. The lowest BCUT2D eigenvalue weighted by Gasteiger charge is -2.08. The molecule has 1 saturated carbocycles. The molecule has 76 valence electrons. The van der Waals surface area contributed by atoms with Gasteiger partial charge < -0.3 is 5.73 Å². The van der Waals surface area contributed by atoms with E-state index in [0.29, 0.717) is 5.56 Å². The molecule has 2 rings (SSSR count). The molecule has 0 unspecified atom stereocenters. The van der Waals surface area contributed by atoms with Gasteiger partial charge in [0.2, 0.25) is 0 Å². The van der Waals surface area contributed by atoms with E-state index in [-0.39, 0.29) is 11.5 Å². The molecule has 0 saturated heterocycles. The van der Waals surface area contributed by atoms with Crippen LogP contribution in [0.3, 0.4) is 0 Å². The highest BCUT2D eigenvalue weighted by Crippen LogP contribution is 2.42. The van der Waals surface area contributed by atoms with Crippen LogP contribution in [0.15, 0.2) is 12.1 Å². The van der Waals surface area contributed by atoms with Crippen molar-refractivity contribution in [3.8, 4) is 0 Å². The summed E-state index contributed by atoms with van der Waals surface area (Å²) in [6.45, 7) is 0. The molecule has 2 N–H and O–H groups in total. The Morgan fingerprint density at radius 2 is 1.93 bits per heavy atom. The predicted octanol–water partition coefficient (Wildman–Crippen LogP) is 3.22. The highest BCUT2D eigenvalue weighted by atomic mass is 19.3. The topological polar surface area (TPSA) is 26.0 Å². The van der Waals surface area contributed by atoms with Gasteiger partial charge in [0.1, 0.15) is 5.82 Å². The molecular weight excluding hydrogens is 191 g/mol. The lowest BCUT2D eigenvalue weighted by molar-refractivity contribution is 0.152. The number of hydrogen-bond donors (Lipinski definition) is 1. The second-order valence-corrected chi connectivity index (χ2v) is 3.58. The molecule has 0 atom stereocenters. The van der Waals surface area contributed by atoms with Crippen molar-refractivity contribution in [1.29, 1.82) is 0 Å². The van der Waals surface area contributed by atoms with Crippen molar-refractivity contribution < 1.29 is 13.2 Å². The number of nitrogens with two attached hydrogens (primary N) is 1. The summed E-state index contributed by atoms with van der Waals surface area (Å²) in [7, 11) is 0. The number of rotatable bonds is 2. The summed E-state index contributed by atoms with van der Waals surface area (Å²) in [5, 5.41) is 0. The minimum Gasteiger partial charge on any atom is -0.396 e. The van der Waals surface area contributed by atoms with E-state index in [0.717, 1.165) is 12.8 Å². The number of nitrogen functional groups attached to an aromatic ring is 1. The van der Waals surface area contributed by atoms with Crippen LogP contribution < -0.4 is 5.73 Å². The van der Waals surface area contributed by atoms with E-state index in [9.17, 15) is 13.2 Å². The van der Waals surface area contributed by atoms with Gasteiger partial charge in [-0.15, -0.1) is 0 Å². The Balaban J connectivity index is 2.46. The monoisotopic (exact) mass is 201 g/mol. The Morgan fingerprint density at radius 3 is 2.43 bits per heavy atom. The average molecular weight is 201 g/mol. The molecule has 0 aromatic heterocycles. The fourth-order valence-corrected chi connectivity index (χ4v) is 1.49. The molecule has 1 aromatic rings. The second kappa shape index (κ2) is 3.19. The largest absolute Gasteiger partial charge is 0.396 e. The molecular formula is C10H10F3N. The van der Waals surface area contributed by atoms with E-state index in [2.05, 4.69) is 0 Å². The highest BCUT2D eigenvalue weighted by molar-refractivity contribution is 5.51. The molecule has 0 spiro atoms. The lowest BCUT2D eigenvalue weighted by atomic mass is 10.1. The van der Waals surface area contributed by atoms with Crippen LogP contribution in [0, 0.1) is 5.82 Å². The van der Waals surface area contributed by atoms with Gasteiger partial charge in [-0.1, -0.05) is 0 Å². The Kier molecular flexibility index (Phi) is 2.13. The molecule has 1 aliphatic rings. The summed E-state index contributed by atoms with van der Waals surface area (Å²) in [5.74, 6) is -0.479. The minimum atomic E-state index is -2.71. The Hall–Kier alpha value is -1.19. The van der Waals surface area contributed by atoms with Crippen LogP contribution in [0.2, 0.25) is 0 Å². The van der Waals surface area contributed by atoms with Crippen molar-refractivity contribution in [2.45, 2.75) is 25.2 Å². The molecule has 1 fully saturated rings. The van der Waals surface area contributed by atoms with Gasteiger partial charge >= 0.3 is 0 Å². The standard InChI is InChI=1S/C10H10F3N/c11-8-4-6(5-1-2-5)3-7(9(8)14)10(12)13/h3-5,10H,1-2,14H2. The van der Waals surface area contributed by atoms with Gasteiger partial charge in [-0.3, -0.25) is 0 Å². The highest BCUT2D eigenvalue weighted by Gasteiger charge is 2.26. The number of hydrogen-bond acceptors (Lipinski definition) is 1. The Morgan fingerprint density at radius 1 is 1.29 bits per heavy atom. The third-order valence-corrected chi connectivity index (χ3v) is 2.47. The van der Waals surface area contributed by atoms with E-state index >= 15 is 0 Å².